The van der Waals surface area contributed by atoms with Gasteiger partial charge in [-0.3, -0.25) is 4.99 Å². The fourth-order valence-electron chi connectivity index (χ4n) is 4.75. The number of aliphatic imine (C=N–C) groups is 1. The third-order valence-electron chi connectivity index (χ3n) is 6.66. The zero-order valence-electron chi connectivity index (χ0n) is 20.2. The van der Waals surface area contributed by atoms with Gasteiger partial charge in [0.1, 0.15) is 11.7 Å². The molecule has 0 spiro atoms. The predicted molar refractivity (Wildman–Crippen MR) is 140 cm³/mol. The van der Waals surface area contributed by atoms with Crippen molar-refractivity contribution in [3.8, 4) is 11.1 Å². The van der Waals surface area contributed by atoms with Crippen LogP contribution in [0.2, 0.25) is 0 Å². The highest BCUT2D eigenvalue weighted by atomic mass is 16.4. The van der Waals surface area contributed by atoms with Crippen LogP contribution in [0.25, 0.3) is 22.2 Å². The number of carboxylic acids is 1. The van der Waals surface area contributed by atoms with E-state index in [0.717, 1.165) is 77.3 Å². The van der Waals surface area contributed by atoms with E-state index in [1.807, 2.05) is 24.3 Å². The quantitative estimate of drug-likeness (QED) is 0.373. The molecule has 35 heavy (non-hydrogen) atoms. The van der Waals surface area contributed by atoms with Crippen LogP contribution in [0.1, 0.15) is 47.1 Å². The van der Waals surface area contributed by atoms with Gasteiger partial charge in [0, 0.05) is 32.1 Å². The fraction of sp³-hybridized carbons (Fsp3) is 0.276. The van der Waals surface area contributed by atoms with E-state index in [1.54, 1.807) is 12.1 Å². The molecule has 6 nitrogen and oxygen atoms in total. The van der Waals surface area contributed by atoms with Crippen molar-refractivity contribution in [1.29, 1.82) is 0 Å². The molecule has 6 heteroatoms. The Morgan fingerprint density at radius 2 is 1.80 bits per heavy atom. The summed E-state index contributed by atoms with van der Waals surface area (Å²) < 4.78 is 2.32. The van der Waals surface area contributed by atoms with Crippen LogP contribution in [0.15, 0.2) is 71.7 Å². The lowest BCUT2D eigenvalue weighted by Crippen LogP contribution is -2.23. The molecule has 1 N–H and O–H groups in total. The summed E-state index contributed by atoms with van der Waals surface area (Å²) in [7, 11) is 2.09. The first-order valence-electron chi connectivity index (χ1n) is 12.2. The summed E-state index contributed by atoms with van der Waals surface area (Å²) in [5, 5.41) is 9.55. The van der Waals surface area contributed by atoms with Crippen LogP contribution in [0.3, 0.4) is 0 Å². The maximum atomic E-state index is 11.6. The van der Waals surface area contributed by atoms with Gasteiger partial charge in [0.05, 0.1) is 23.1 Å². The van der Waals surface area contributed by atoms with E-state index in [0.29, 0.717) is 12.1 Å². The average Bonchev–Trinajstić information content (AvgIpc) is 3.46. The number of aromatic nitrogens is 2. The highest BCUT2D eigenvalue weighted by molar-refractivity contribution is 6.02. The van der Waals surface area contributed by atoms with Crippen molar-refractivity contribution in [2.75, 3.05) is 20.1 Å². The van der Waals surface area contributed by atoms with Crippen LogP contribution in [0.4, 0.5) is 0 Å². The summed E-state index contributed by atoms with van der Waals surface area (Å²) in [4.78, 5) is 23.5. The zero-order valence-corrected chi connectivity index (χ0v) is 20.2. The van der Waals surface area contributed by atoms with Crippen molar-refractivity contribution < 1.29 is 9.90 Å². The number of amidine groups is 1. The van der Waals surface area contributed by atoms with Crippen molar-refractivity contribution in [3.63, 3.8) is 0 Å². The van der Waals surface area contributed by atoms with Crippen molar-refractivity contribution in [2.24, 2.45) is 4.99 Å². The molecule has 0 unspecified atom stereocenters. The lowest BCUT2D eigenvalue weighted by Gasteiger charge is -2.15. The molecule has 0 amide bonds. The third-order valence-corrected chi connectivity index (χ3v) is 6.66. The molecule has 1 aliphatic rings. The summed E-state index contributed by atoms with van der Waals surface area (Å²) in [6.07, 6.45) is 3.15. The molecule has 0 atom stereocenters. The number of likely N-dealkylation sites (N-methyl/N-ethyl adjacent to an activating group) is 1. The number of carboxylic acid groups (broad SMARTS) is 1. The predicted octanol–water partition coefficient (Wildman–Crippen LogP) is 5.48. The van der Waals surface area contributed by atoms with Crippen LogP contribution in [-0.2, 0) is 13.0 Å². The smallest absolute Gasteiger partial charge is 0.336 e. The van der Waals surface area contributed by atoms with E-state index in [4.69, 9.17) is 9.98 Å². The molecule has 1 aromatic heterocycles. The van der Waals surface area contributed by atoms with E-state index in [9.17, 15) is 9.90 Å². The van der Waals surface area contributed by atoms with Gasteiger partial charge in [-0.1, -0.05) is 55.8 Å². The topological polar surface area (TPSA) is 70.7 Å². The number of aryl methyl sites for hydroxylation is 1. The Morgan fingerprint density at radius 3 is 2.51 bits per heavy atom. The second kappa shape index (κ2) is 9.74. The standard InChI is InChI=1S/C29H30N4O2/c1-3-4-9-27-31-25-15-14-22(28-30-16-17-32(28)2)18-26(25)33(27)19-20-10-12-21(13-11-20)23-7-5-6-8-24(23)29(34)35/h5-8,10-15,18H,3-4,9,16-17,19H2,1-2H3,(H,34,35). The molecule has 0 aliphatic carbocycles. The minimum atomic E-state index is -0.913. The highest BCUT2D eigenvalue weighted by Crippen LogP contribution is 2.26. The second-order valence-corrected chi connectivity index (χ2v) is 9.10. The van der Waals surface area contributed by atoms with Gasteiger partial charge < -0.3 is 14.6 Å². The van der Waals surface area contributed by atoms with Gasteiger partial charge in [-0.05, 0) is 47.4 Å². The summed E-state index contributed by atoms with van der Waals surface area (Å²) in [6.45, 7) is 4.70. The van der Waals surface area contributed by atoms with E-state index < -0.39 is 5.97 Å². The minimum Gasteiger partial charge on any atom is -0.478 e. The zero-order chi connectivity index (χ0) is 24.4. The lowest BCUT2D eigenvalue weighted by atomic mass is 9.99. The molecule has 0 saturated heterocycles. The highest BCUT2D eigenvalue weighted by Gasteiger charge is 2.18. The monoisotopic (exact) mass is 466 g/mol. The number of carbonyl (C=O) groups is 1. The van der Waals surface area contributed by atoms with Crippen molar-refractivity contribution in [2.45, 2.75) is 32.7 Å². The number of rotatable bonds is 8. The first-order valence-corrected chi connectivity index (χ1v) is 12.2. The largest absolute Gasteiger partial charge is 0.478 e. The number of imidazole rings is 1. The normalized spacial score (nSPS) is 13.4. The Morgan fingerprint density at radius 1 is 1.03 bits per heavy atom. The Balaban J connectivity index is 1.50. The van der Waals surface area contributed by atoms with Gasteiger partial charge >= 0.3 is 5.97 Å². The molecular formula is C29H30N4O2. The van der Waals surface area contributed by atoms with E-state index in [2.05, 4.69) is 53.8 Å². The van der Waals surface area contributed by atoms with Gasteiger partial charge in [-0.2, -0.15) is 0 Å². The molecule has 3 aromatic carbocycles. The molecule has 0 bridgehead atoms. The first kappa shape index (κ1) is 22.8. The van der Waals surface area contributed by atoms with E-state index in [1.165, 1.54) is 0 Å². The van der Waals surface area contributed by atoms with E-state index in [-0.39, 0.29) is 0 Å². The molecule has 0 saturated carbocycles. The van der Waals surface area contributed by atoms with Gasteiger partial charge in [0.15, 0.2) is 0 Å². The Labute approximate surface area is 205 Å². The molecule has 0 radical (unpaired) electrons. The Bertz CT molecular complexity index is 1400. The van der Waals surface area contributed by atoms with Gasteiger partial charge in [0.2, 0.25) is 0 Å². The van der Waals surface area contributed by atoms with E-state index >= 15 is 0 Å². The van der Waals surface area contributed by atoms with Crippen LogP contribution < -0.4 is 0 Å². The van der Waals surface area contributed by atoms with Crippen molar-refractivity contribution in [1.82, 2.24) is 14.5 Å². The second-order valence-electron chi connectivity index (χ2n) is 9.10. The number of unbranched alkanes of at least 4 members (excludes halogenated alkanes) is 1. The van der Waals surface area contributed by atoms with Crippen molar-refractivity contribution >= 4 is 22.8 Å². The van der Waals surface area contributed by atoms with Gasteiger partial charge in [-0.15, -0.1) is 0 Å². The molecule has 4 aromatic rings. The number of hydrogen-bond donors (Lipinski definition) is 1. The maximum absolute atomic E-state index is 11.6. The van der Waals surface area contributed by atoms with Gasteiger partial charge in [0.25, 0.3) is 0 Å². The number of fused-ring (bicyclic) bond motifs is 1. The molecule has 1 aliphatic heterocycles. The summed E-state index contributed by atoms with van der Waals surface area (Å²) in [5.74, 6) is 1.22. The summed E-state index contributed by atoms with van der Waals surface area (Å²) in [5.41, 5.74) is 6.35. The van der Waals surface area contributed by atoms with Crippen molar-refractivity contribution in [3.05, 3.63) is 89.2 Å². The SMILES string of the molecule is CCCCc1nc2ccc(C3=NCCN3C)cc2n1Cc1ccc(-c2ccccc2C(=O)O)cc1. The number of benzene rings is 3. The number of nitrogens with zero attached hydrogens (tertiary/aromatic N) is 4. The number of aromatic carboxylic acids is 1. The maximum Gasteiger partial charge on any atom is 0.336 e. The molecule has 5 rings (SSSR count). The van der Waals surface area contributed by atoms with Crippen LogP contribution in [0.5, 0.6) is 0 Å². The van der Waals surface area contributed by atoms with Crippen LogP contribution in [0, 0.1) is 0 Å². The van der Waals surface area contributed by atoms with Gasteiger partial charge in [-0.25, -0.2) is 9.78 Å². The Hall–Kier alpha value is -3.93. The summed E-state index contributed by atoms with van der Waals surface area (Å²) in [6, 6.07) is 21.8. The fourth-order valence-corrected chi connectivity index (χ4v) is 4.75. The molecule has 178 valence electrons. The third kappa shape index (κ3) is 4.56. The molecular weight excluding hydrogens is 436 g/mol. The average molecular weight is 467 g/mol. The lowest BCUT2D eigenvalue weighted by molar-refractivity contribution is 0.0697. The summed E-state index contributed by atoms with van der Waals surface area (Å²) >= 11 is 0. The van der Waals surface area contributed by atoms with Crippen LogP contribution in [-0.4, -0.2) is 51.5 Å². The Kier molecular flexibility index (Phi) is 6.36. The van der Waals surface area contributed by atoms with Crippen LogP contribution >= 0.6 is 0 Å². The molecule has 0 fully saturated rings. The first-order chi connectivity index (χ1) is 17.0. The molecule has 2 heterocycles. The number of hydrogen-bond acceptors (Lipinski definition) is 4. The minimum absolute atomic E-state index is 0.315.